The van der Waals surface area contributed by atoms with Gasteiger partial charge in [0.1, 0.15) is 0 Å². The minimum absolute atomic E-state index is 0.0971. The molecule has 0 fully saturated rings. The Balaban J connectivity index is 2.49. The first-order valence-corrected chi connectivity index (χ1v) is 7.56. The van der Waals surface area contributed by atoms with Crippen molar-refractivity contribution in [2.45, 2.75) is 24.0 Å². The molecule has 0 unspecified atom stereocenters. The summed E-state index contributed by atoms with van der Waals surface area (Å²) >= 11 is 0. The Kier molecular flexibility index (Phi) is 5.97. The number of hydrogen-bond donors (Lipinski definition) is 1. The van der Waals surface area contributed by atoms with E-state index in [1.807, 2.05) is 0 Å². The van der Waals surface area contributed by atoms with E-state index in [0.29, 0.717) is 5.56 Å². The summed E-state index contributed by atoms with van der Waals surface area (Å²) in [6.45, 7) is -0.599. The number of sulfone groups is 1. The van der Waals surface area contributed by atoms with Crippen LogP contribution >= 0.6 is 0 Å². The number of halogens is 3. The molecule has 0 saturated heterocycles. The monoisotopic (exact) mass is 311 g/mol. The molecule has 8 heteroatoms. The maximum Gasteiger partial charge on any atom is 0.391 e. The molecule has 2 N–H and O–H groups in total. The van der Waals surface area contributed by atoms with Gasteiger partial charge in [0, 0.05) is 6.54 Å². The Hall–Kier alpha value is -1.12. The number of alkyl halides is 3. The molecule has 0 aliphatic rings. The molecule has 1 aromatic rings. The normalized spacial score (nSPS) is 12.6. The van der Waals surface area contributed by atoms with Gasteiger partial charge in [0.25, 0.3) is 0 Å². The van der Waals surface area contributed by atoms with Crippen molar-refractivity contribution in [1.82, 2.24) is 0 Å². The second kappa shape index (κ2) is 7.05. The molecule has 20 heavy (non-hydrogen) atoms. The van der Waals surface area contributed by atoms with Crippen molar-refractivity contribution in [3.05, 3.63) is 29.8 Å². The van der Waals surface area contributed by atoms with Gasteiger partial charge in [-0.3, -0.25) is 0 Å². The number of benzene rings is 1. The van der Waals surface area contributed by atoms with Crippen LogP contribution in [0.4, 0.5) is 13.2 Å². The smallest absolute Gasteiger partial charge is 0.380 e. The summed E-state index contributed by atoms with van der Waals surface area (Å²) in [5.41, 5.74) is 6.09. The Morgan fingerprint density at radius 1 is 1.20 bits per heavy atom. The molecule has 0 aliphatic carbocycles. The Bertz CT molecular complexity index is 529. The average Bonchev–Trinajstić information content (AvgIpc) is 2.37. The lowest BCUT2D eigenvalue weighted by atomic mass is 10.2. The Morgan fingerprint density at radius 2 is 1.90 bits per heavy atom. The van der Waals surface area contributed by atoms with Crippen molar-refractivity contribution in [2.75, 3.05) is 19.0 Å². The third-order valence-corrected chi connectivity index (χ3v) is 4.20. The molecular formula is C12H16F3NO3S. The van der Waals surface area contributed by atoms with Crippen LogP contribution in [0.15, 0.2) is 29.2 Å². The molecule has 4 nitrogen and oxygen atoms in total. The second-order valence-electron chi connectivity index (χ2n) is 4.15. The van der Waals surface area contributed by atoms with E-state index in [0.717, 1.165) is 0 Å². The fourth-order valence-electron chi connectivity index (χ4n) is 1.44. The molecule has 1 rings (SSSR count). The van der Waals surface area contributed by atoms with E-state index < -0.39 is 29.0 Å². The summed E-state index contributed by atoms with van der Waals surface area (Å²) in [6, 6.07) is 6.13. The summed E-state index contributed by atoms with van der Waals surface area (Å²) in [7, 11) is -3.57. The van der Waals surface area contributed by atoms with Gasteiger partial charge in [0.2, 0.25) is 0 Å². The molecule has 0 aromatic heterocycles. The Labute approximate surface area is 115 Å². The highest BCUT2D eigenvalue weighted by Gasteiger charge is 2.26. The molecule has 1 aromatic carbocycles. The zero-order chi connectivity index (χ0) is 15.2. The highest BCUT2D eigenvalue weighted by atomic mass is 32.2. The van der Waals surface area contributed by atoms with Crippen LogP contribution in [0, 0.1) is 0 Å². The van der Waals surface area contributed by atoms with Crippen LogP contribution in [0.3, 0.4) is 0 Å². The van der Waals surface area contributed by atoms with E-state index in [1.54, 1.807) is 12.1 Å². The zero-order valence-corrected chi connectivity index (χ0v) is 11.5. The van der Waals surface area contributed by atoms with Gasteiger partial charge in [-0.05, 0) is 17.7 Å². The minimum atomic E-state index is -4.30. The van der Waals surface area contributed by atoms with Crippen LogP contribution in [0.1, 0.15) is 12.0 Å². The molecule has 0 heterocycles. The van der Waals surface area contributed by atoms with E-state index in [4.69, 9.17) is 10.5 Å². The first kappa shape index (κ1) is 16.9. The van der Waals surface area contributed by atoms with Gasteiger partial charge < -0.3 is 10.5 Å². The lowest BCUT2D eigenvalue weighted by Crippen LogP contribution is -2.16. The third-order valence-electron chi connectivity index (χ3n) is 2.52. The predicted molar refractivity (Wildman–Crippen MR) is 67.9 cm³/mol. The van der Waals surface area contributed by atoms with Crippen molar-refractivity contribution in [2.24, 2.45) is 5.73 Å². The maximum absolute atomic E-state index is 11.9. The third kappa shape index (κ3) is 5.89. The average molecular weight is 311 g/mol. The van der Waals surface area contributed by atoms with Gasteiger partial charge in [-0.15, -0.1) is 0 Å². The van der Waals surface area contributed by atoms with Crippen molar-refractivity contribution in [3.8, 4) is 0 Å². The quantitative estimate of drug-likeness (QED) is 0.781. The number of hydrogen-bond acceptors (Lipinski definition) is 4. The molecule has 0 spiro atoms. The summed E-state index contributed by atoms with van der Waals surface area (Å²) in [5.74, 6) is -0.362. The first-order valence-electron chi connectivity index (χ1n) is 5.91. The molecule has 0 radical (unpaired) electrons. The number of rotatable bonds is 7. The van der Waals surface area contributed by atoms with Gasteiger partial charge >= 0.3 is 6.18 Å². The van der Waals surface area contributed by atoms with Gasteiger partial charge in [-0.2, -0.15) is 13.2 Å². The zero-order valence-electron chi connectivity index (χ0n) is 10.7. The highest BCUT2D eigenvalue weighted by Crippen LogP contribution is 2.19. The molecule has 0 saturated carbocycles. The van der Waals surface area contributed by atoms with Gasteiger partial charge in [-0.25, -0.2) is 8.42 Å². The lowest BCUT2D eigenvalue weighted by Gasteiger charge is -2.08. The van der Waals surface area contributed by atoms with Crippen LogP contribution in [0.25, 0.3) is 0 Å². The topological polar surface area (TPSA) is 69.4 Å². The van der Waals surface area contributed by atoms with E-state index in [-0.39, 0.29) is 23.8 Å². The van der Waals surface area contributed by atoms with E-state index in [1.165, 1.54) is 12.1 Å². The van der Waals surface area contributed by atoms with E-state index >= 15 is 0 Å². The van der Waals surface area contributed by atoms with Crippen LogP contribution < -0.4 is 5.73 Å². The molecule has 0 atom stereocenters. The van der Waals surface area contributed by atoms with Crippen LogP contribution in [-0.4, -0.2) is 33.6 Å². The highest BCUT2D eigenvalue weighted by molar-refractivity contribution is 7.91. The standard InChI is InChI=1S/C12H16F3NO3S/c13-12(14,15)4-5-19-6-7-20(17,18)11-3-1-2-10(8-11)9-16/h1-3,8H,4-7,9,16H2. The number of ether oxygens (including phenoxy) is 1. The molecular weight excluding hydrogens is 295 g/mol. The summed E-state index contributed by atoms with van der Waals surface area (Å²) in [4.78, 5) is 0.0971. The van der Waals surface area contributed by atoms with Crippen molar-refractivity contribution < 1.29 is 26.3 Å². The largest absolute Gasteiger partial charge is 0.391 e. The maximum atomic E-state index is 11.9. The SMILES string of the molecule is NCc1cccc(S(=O)(=O)CCOCCC(F)(F)F)c1. The van der Waals surface area contributed by atoms with Crippen LogP contribution in [0.2, 0.25) is 0 Å². The minimum Gasteiger partial charge on any atom is -0.380 e. The lowest BCUT2D eigenvalue weighted by molar-refractivity contribution is -0.144. The van der Waals surface area contributed by atoms with Crippen molar-refractivity contribution in [1.29, 1.82) is 0 Å². The predicted octanol–water partition coefficient (Wildman–Crippen LogP) is 1.89. The van der Waals surface area contributed by atoms with Gasteiger partial charge in [0.15, 0.2) is 9.84 Å². The number of nitrogens with two attached hydrogens (primary N) is 1. The molecule has 0 amide bonds. The molecule has 0 bridgehead atoms. The molecule has 114 valence electrons. The van der Waals surface area contributed by atoms with Crippen molar-refractivity contribution in [3.63, 3.8) is 0 Å². The fraction of sp³-hybridized carbons (Fsp3) is 0.500. The molecule has 0 aliphatic heterocycles. The van der Waals surface area contributed by atoms with Gasteiger partial charge in [0.05, 0.1) is 30.3 Å². The summed E-state index contributed by atoms with van der Waals surface area (Å²) in [5, 5.41) is 0. The van der Waals surface area contributed by atoms with E-state index in [9.17, 15) is 21.6 Å². The fourth-order valence-corrected chi connectivity index (χ4v) is 2.63. The second-order valence-corrected chi connectivity index (χ2v) is 6.26. The summed E-state index contributed by atoms with van der Waals surface area (Å²) < 4.78 is 64.1. The summed E-state index contributed by atoms with van der Waals surface area (Å²) in [6.07, 6.45) is -5.38. The van der Waals surface area contributed by atoms with Crippen molar-refractivity contribution >= 4 is 9.84 Å². The Morgan fingerprint density at radius 3 is 2.50 bits per heavy atom. The first-order chi connectivity index (χ1) is 9.24. The van der Waals surface area contributed by atoms with Crippen LogP contribution in [0.5, 0.6) is 0 Å². The van der Waals surface area contributed by atoms with Gasteiger partial charge in [-0.1, -0.05) is 12.1 Å². The van der Waals surface area contributed by atoms with Crippen LogP contribution in [-0.2, 0) is 21.1 Å². The van der Waals surface area contributed by atoms with E-state index in [2.05, 4.69) is 0 Å².